The van der Waals surface area contributed by atoms with E-state index in [9.17, 15) is 4.79 Å². The topological polar surface area (TPSA) is 83.9 Å². The molecule has 2 aliphatic rings. The van der Waals surface area contributed by atoms with Crippen molar-refractivity contribution >= 4 is 51.9 Å². The molecule has 2 atom stereocenters. The molecule has 2 aromatic heterocycles. The van der Waals surface area contributed by atoms with Gasteiger partial charge in [-0.15, -0.1) is 0 Å². The zero-order valence-electron chi connectivity index (χ0n) is 24.9. The van der Waals surface area contributed by atoms with Gasteiger partial charge >= 0.3 is 0 Å². The second kappa shape index (κ2) is 13.0. The lowest BCUT2D eigenvalue weighted by molar-refractivity contribution is -0.119. The number of aryl methyl sites for hydroxylation is 1. The molecule has 2 fully saturated rings. The van der Waals surface area contributed by atoms with Gasteiger partial charge < -0.3 is 34.5 Å². The number of rotatable bonds is 8. The summed E-state index contributed by atoms with van der Waals surface area (Å²) in [4.78, 5) is 21.3. The molecule has 9 nitrogen and oxygen atoms in total. The minimum atomic E-state index is -0.279. The quantitative estimate of drug-likeness (QED) is 0.239. The van der Waals surface area contributed by atoms with E-state index in [0.29, 0.717) is 15.8 Å². The summed E-state index contributed by atoms with van der Waals surface area (Å²) in [5, 5.41) is 7.30. The Hall–Kier alpha value is -3.96. The molecule has 0 aliphatic carbocycles. The van der Waals surface area contributed by atoms with Gasteiger partial charge in [-0.3, -0.25) is 9.78 Å². The number of halogens is 1. The molecule has 4 aromatic rings. The molecule has 2 saturated heterocycles. The Balaban J connectivity index is 1.38. The Bertz CT molecular complexity index is 1660. The van der Waals surface area contributed by atoms with E-state index >= 15 is 0 Å². The highest BCUT2D eigenvalue weighted by Crippen LogP contribution is 2.44. The predicted molar refractivity (Wildman–Crippen MR) is 178 cm³/mol. The standard InChI is InChI=1S/C33H35ClN6O3S/c1-21-18-26(22(2)39(21)24-9-7-23(8-10-24)38-14-16-43-17-15-38)32-31(29-6-4-5-13-35-29)37-33(44)40(32)25-11-12-28(27(34)19-25)36-30(41)20-42-3/h4-13,18-19,31-32H,14-17,20H2,1-3H3,(H,36,41)(H,37,44)/t31-,32+/m1/s1. The highest BCUT2D eigenvalue weighted by Gasteiger charge is 2.42. The largest absolute Gasteiger partial charge is 0.378 e. The smallest absolute Gasteiger partial charge is 0.250 e. The highest BCUT2D eigenvalue weighted by atomic mass is 35.5. The Morgan fingerprint density at radius 2 is 1.80 bits per heavy atom. The molecule has 11 heteroatoms. The molecule has 0 radical (unpaired) electrons. The molecular weight excluding hydrogens is 596 g/mol. The van der Waals surface area contributed by atoms with Crippen molar-refractivity contribution in [2.45, 2.75) is 25.9 Å². The second-order valence-electron chi connectivity index (χ2n) is 10.9. The zero-order valence-corrected chi connectivity index (χ0v) is 26.5. The number of hydrogen-bond acceptors (Lipinski definition) is 6. The van der Waals surface area contributed by atoms with E-state index in [1.807, 2.05) is 30.3 Å². The SMILES string of the molecule is COCC(=O)Nc1ccc(N2C(=S)N[C@H](c3ccccn3)[C@@H]2c2cc(C)n(-c3ccc(N4CCOCC4)cc3)c2C)cc1Cl. The number of anilines is 3. The van der Waals surface area contributed by atoms with Gasteiger partial charge in [-0.2, -0.15) is 0 Å². The number of pyridine rings is 1. The molecule has 0 bridgehead atoms. The zero-order chi connectivity index (χ0) is 30.8. The number of carbonyl (C=O) groups is 1. The molecule has 0 unspecified atom stereocenters. The fourth-order valence-electron chi connectivity index (χ4n) is 6.14. The van der Waals surface area contributed by atoms with Gasteiger partial charge in [-0.05, 0) is 92.3 Å². The van der Waals surface area contributed by atoms with Crippen molar-refractivity contribution in [1.82, 2.24) is 14.9 Å². The van der Waals surface area contributed by atoms with Crippen LogP contribution in [0, 0.1) is 13.8 Å². The number of amides is 1. The van der Waals surface area contributed by atoms with Gasteiger partial charge in [-0.1, -0.05) is 17.7 Å². The molecule has 6 rings (SSSR count). The summed E-state index contributed by atoms with van der Waals surface area (Å²) >= 11 is 12.6. The molecule has 2 aliphatic heterocycles. The predicted octanol–water partition coefficient (Wildman–Crippen LogP) is 5.74. The van der Waals surface area contributed by atoms with Crippen molar-refractivity contribution in [3.05, 3.63) is 101 Å². The summed E-state index contributed by atoms with van der Waals surface area (Å²) < 4.78 is 12.7. The van der Waals surface area contributed by atoms with Crippen LogP contribution in [-0.4, -0.2) is 60.6 Å². The van der Waals surface area contributed by atoms with Gasteiger partial charge in [0.05, 0.1) is 41.7 Å². The van der Waals surface area contributed by atoms with Gasteiger partial charge in [0.15, 0.2) is 5.11 Å². The Kier molecular flexibility index (Phi) is 8.86. The number of ether oxygens (including phenoxy) is 2. The summed E-state index contributed by atoms with van der Waals surface area (Å²) in [5.74, 6) is -0.279. The van der Waals surface area contributed by atoms with E-state index in [-0.39, 0.29) is 24.6 Å². The lowest BCUT2D eigenvalue weighted by atomic mass is 9.96. The Labute approximate surface area is 267 Å². The van der Waals surface area contributed by atoms with Crippen LogP contribution in [0.2, 0.25) is 5.02 Å². The number of carbonyl (C=O) groups excluding carboxylic acids is 1. The number of nitrogens with zero attached hydrogens (tertiary/aromatic N) is 4. The number of aromatic nitrogens is 2. The molecule has 2 aromatic carbocycles. The van der Waals surface area contributed by atoms with Gasteiger partial charge in [0.1, 0.15) is 6.61 Å². The summed E-state index contributed by atoms with van der Waals surface area (Å²) in [6.45, 7) is 7.52. The third-order valence-electron chi connectivity index (χ3n) is 8.15. The van der Waals surface area contributed by atoms with Crippen molar-refractivity contribution in [1.29, 1.82) is 0 Å². The number of nitrogens with one attached hydrogen (secondary N) is 2. The number of morpholine rings is 1. The van der Waals surface area contributed by atoms with Crippen LogP contribution in [0.25, 0.3) is 5.69 Å². The van der Waals surface area contributed by atoms with Crippen LogP contribution in [0.1, 0.15) is 34.7 Å². The number of hydrogen-bond donors (Lipinski definition) is 2. The van der Waals surface area contributed by atoms with Gasteiger partial charge in [-0.25, -0.2) is 0 Å². The fourth-order valence-corrected chi connectivity index (χ4v) is 6.71. The maximum atomic E-state index is 12.1. The number of methoxy groups -OCH3 is 1. The Morgan fingerprint density at radius 1 is 1.07 bits per heavy atom. The first kappa shape index (κ1) is 30.1. The highest BCUT2D eigenvalue weighted by molar-refractivity contribution is 7.80. The van der Waals surface area contributed by atoms with Crippen LogP contribution in [0.5, 0.6) is 0 Å². The average molecular weight is 631 g/mol. The van der Waals surface area contributed by atoms with E-state index in [2.05, 4.69) is 69.2 Å². The summed E-state index contributed by atoms with van der Waals surface area (Å²) in [5.41, 5.74) is 7.84. The summed E-state index contributed by atoms with van der Waals surface area (Å²) in [7, 11) is 1.47. The minimum absolute atomic E-state index is 0.0579. The number of benzene rings is 2. The molecule has 4 heterocycles. The fraction of sp³-hybridized carbons (Fsp3) is 0.303. The summed E-state index contributed by atoms with van der Waals surface area (Å²) in [6, 6.07) is 22.0. The summed E-state index contributed by atoms with van der Waals surface area (Å²) in [6.07, 6.45) is 1.80. The third kappa shape index (κ3) is 5.90. The van der Waals surface area contributed by atoms with Crippen molar-refractivity contribution in [3.8, 4) is 5.69 Å². The normalized spacial score (nSPS) is 18.4. The molecule has 0 saturated carbocycles. The van der Waals surface area contributed by atoms with Crippen LogP contribution < -0.4 is 20.4 Å². The maximum absolute atomic E-state index is 12.1. The van der Waals surface area contributed by atoms with E-state index < -0.39 is 0 Å². The van der Waals surface area contributed by atoms with E-state index in [4.69, 9.17) is 38.3 Å². The molecule has 0 spiro atoms. The van der Waals surface area contributed by atoms with E-state index in [1.54, 1.807) is 12.3 Å². The lowest BCUT2D eigenvalue weighted by Crippen LogP contribution is -2.36. The van der Waals surface area contributed by atoms with Crippen LogP contribution >= 0.6 is 23.8 Å². The van der Waals surface area contributed by atoms with E-state index in [0.717, 1.165) is 60.3 Å². The molecular formula is C33H35ClN6O3S. The van der Waals surface area contributed by atoms with Crippen molar-refractivity contribution < 1.29 is 14.3 Å². The molecule has 228 valence electrons. The van der Waals surface area contributed by atoms with Crippen LogP contribution in [0.3, 0.4) is 0 Å². The molecule has 2 N–H and O–H groups in total. The third-order valence-corrected chi connectivity index (χ3v) is 8.78. The first-order chi connectivity index (χ1) is 21.4. The Morgan fingerprint density at radius 3 is 2.48 bits per heavy atom. The first-order valence-electron chi connectivity index (χ1n) is 14.6. The van der Waals surface area contributed by atoms with Crippen LogP contribution in [0.15, 0.2) is 72.9 Å². The molecule has 1 amide bonds. The van der Waals surface area contributed by atoms with Crippen molar-refractivity contribution in [3.63, 3.8) is 0 Å². The molecule has 44 heavy (non-hydrogen) atoms. The van der Waals surface area contributed by atoms with Crippen LogP contribution in [0.4, 0.5) is 17.1 Å². The average Bonchev–Trinajstić information content (AvgIpc) is 3.53. The monoisotopic (exact) mass is 630 g/mol. The van der Waals surface area contributed by atoms with Crippen molar-refractivity contribution in [2.24, 2.45) is 0 Å². The van der Waals surface area contributed by atoms with Gasteiger partial charge in [0.25, 0.3) is 0 Å². The van der Waals surface area contributed by atoms with Crippen LogP contribution in [-0.2, 0) is 14.3 Å². The second-order valence-corrected chi connectivity index (χ2v) is 11.7. The van der Waals surface area contributed by atoms with Gasteiger partial charge in [0.2, 0.25) is 5.91 Å². The number of thiocarbonyl (C=S) groups is 1. The van der Waals surface area contributed by atoms with E-state index in [1.165, 1.54) is 12.8 Å². The minimum Gasteiger partial charge on any atom is -0.378 e. The van der Waals surface area contributed by atoms with Gasteiger partial charge in [0, 0.05) is 54.8 Å². The lowest BCUT2D eigenvalue weighted by Gasteiger charge is -2.29. The first-order valence-corrected chi connectivity index (χ1v) is 15.4. The maximum Gasteiger partial charge on any atom is 0.250 e. The van der Waals surface area contributed by atoms with Crippen molar-refractivity contribution in [2.75, 3.05) is 55.1 Å².